The second-order valence-corrected chi connectivity index (χ2v) is 5.41. The molecule has 0 unspecified atom stereocenters. The zero-order valence-corrected chi connectivity index (χ0v) is 18.6. The first-order valence-electron chi connectivity index (χ1n) is 8.22. The van der Waals surface area contributed by atoms with Gasteiger partial charge in [0.2, 0.25) is 5.75 Å². The Morgan fingerprint density at radius 3 is 2.11 bits per heavy atom. The third-order valence-corrected chi connectivity index (χ3v) is 3.43. The van der Waals surface area contributed by atoms with Crippen LogP contribution < -0.4 is 24.8 Å². The standard InChI is InChI=1S/C17H26F3N3O4.HI/c1-21-16(22-6-5-7-27-11-17(18,19)20)23-10-12-8-13(24-2)15(26-4)14(9-12)25-3;/h8-9H,5-7,10-11H2,1-4H3,(H2,21,22,23);1H. The zero-order chi connectivity index (χ0) is 20.3. The summed E-state index contributed by atoms with van der Waals surface area (Å²) in [5.74, 6) is 2.10. The van der Waals surface area contributed by atoms with Crippen LogP contribution in [-0.2, 0) is 11.3 Å². The minimum atomic E-state index is -4.30. The molecule has 28 heavy (non-hydrogen) atoms. The van der Waals surface area contributed by atoms with Crippen LogP contribution in [0.5, 0.6) is 17.2 Å². The Hall–Kier alpha value is -1.63. The van der Waals surface area contributed by atoms with Crippen molar-refractivity contribution in [1.29, 1.82) is 0 Å². The maximum atomic E-state index is 12.0. The Morgan fingerprint density at radius 2 is 1.64 bits per heavy atom. The molecule has 1 aromatic carbocycles. The summed E-state index contributed by atoms with van der Waals surface area (Å²) in [6, 6.07) is 3.62. The van der Waals surface area contributed by atoms with E-state index in [1.165, 1.54) is 21.3 Å². The lowest BCUT2D eigenvalue weighted by atomic mass is 10.2. The van der Waals surface area contributed by atoms with E-state index in [9.17, 15) is 13.2 Å². The number of ether oxygens (including phenoxy) is 4. The number of hydrogen-bond acceptors (Lipinski definition) is 5. The molecule has 0 saturated heterocycles. The molecule has 0 fully saturated rings. The van der Waals surface area contributed by atoms with Gasteiger partial charge in [-0.1, -0.05) is 0 Å². The fraction of sp³-hybridized carbons (Fsp3) is 0.588. The Kier molecular flexibility index (Phi) is 12.7. The van der Waals surface area contributed by atoms with Gasteiger partial charge in [0.1, 0.15) is 6.61 Å². The van der Waals surface area contributed by atoms with Crippen molar-refractivity contribution in [2.75, 3.05) is 48.1 Å². The van der Waals surface area contributed by atoms with Gasteiger partial charge < -0.3 is 29.6 Å². The van der Waals surface area contributed by atoms with Gasteiger partial charge in [-0.05, 0) is 24.1 Å². The van der Waals surface area contributed by atoms with E-state index in [0.29, 0.717) is 42.7 Å². The summed E-state index contributed by atoms with van der Waals surface area (Å²) in [7, 11) is 6.21. The second-order valence-electron chi connectivity index (χ2n) is 5.41. The van der Waals surface area contributed by atoms with Crippen molar-refractivity contribution in [3.63, 3.8) is 0 Å². The fourth-order valence-corrected chi connectivity index (χ4v) is 2.21. The maximum absolute atomic E-state index is 12.0. The van der Waals surface area contributed by atoms with E-state index in [4.69, 9.17) is 14.2 Å². The van der Waals surface area contributed by atoms with E-state index in [-0.39, 0.29) is 30.6 Å². The van der Waals surface area contributed by atoms with Gasteiger partial charge >= 0.3 is 6.18 Å². The van der Waals surface area contributed by atoms with Gasteiger partial charge in [0.05, 0.1) is 21.3 Å². The van der Waals surface area contributed by atoms with Gasteiger partial charge in [-0.2, -0.15) is 13.2 Å². The van der Waals surface area contributed by atoms with Crippen molar-refractivity contribution >= 4 is 29.9 Å². The number of hydrogen-bond donors (Lipinski definition) is 2. The first-order valence-corrected chi connectivity index (χ1v) is 8.22. The molecule has 0 radical (unpaired) electrons. The summed E-state index contributed by atoms with van der Waals surface area (Å²) in [6.45, 7) is -0.370. The molecule has 0 amide bonds. The van der Waals surface area contributed by atoms with Crippen LogP contribution in [0.1, 0.15) is 12.0 Å². The molecule has 0 aromatic heterocycles. The van der Waals surface area contributed by atoms with Crippen LogP contribution in [0.3, 0.4) is 0 Å². The van der Waals surface area contributed by atoms with Crippen LogP contribution in [0.2, 0.25) is 0 Å². The lowest BCUT2D eigenvalue weighted by molar-refractivity contribution is -0.173. The molecule has 2 N–H and O–H groups in total. The highest BCUT2D eigenvalue weighted by atomic mass is 127. The van der Waals surface area contributed by atoms with E-state index in [2.05, 4.69) is 20.4 Å². The summed E-state index contributed by atoms with van der Waals surface area (Å²) >= 11 is 0. The average molecular weight is 521 g/mol. The predicted octanol–water partition coefficient (Wildman–Crippen LogP) is 2.96. The molecule has 0 bridgehead atoms. The molecule has 0 saturated carbocycles. The van der Waals surface area contributed by atoms with Crippen LogP contribution >= 0.6 is 24.0 Å². The number of benzene rings is 1. The van der Waals surface area contributed by atoms with E-state index < -0.39 is 12.8 Å². The quantitative estimate of drug-likeness (QED) is 0.214. The maximum Gasteiger partial charge on any atom is 0.411 e. The van der Waals surface area contributed by atoms with Crippen molar-refractivity contribution in [1.82, 2.24) is 10.6 Å². The van der Waals surface area contributed by atoms with Crippen LogP contribution in [-0.4, -0.2) is 60.3 Å². The number of halogens is 4. The number of nitrogens with zero attached hydrogens (tertiary/aromatic N) is 1. The summed E-state index contributed by atoms with van der Waals surface area (Å²) in [5.41, 5.74) is 0.876. The zero-order valence-electron chi connectivity index (χ0n) is 16.3. The van der Waals surface area contributed by atoms with E-state index >= 15 is 0 Å². The smallest absolute Gasteiger partial charge is 0.411 e. The Labute approximate surface area is 180 Å². The van der Waals surface area contributed by atoms with Gasteiger partial charge in [-0.3, -0.25) is 4.99 Å². The number of methoxy groups -OCH3 is 3. The molecule has 1 rings (SSSR count). The molecule has 0 aliphatic heterocycles. The highest BCUT2D eigenvalue weighted by Crippen LogP contribution is 2.38. The van der Waals surface area contributed by atoms with Crippen molar-refractivity contribution in [3.8, 4) is 17.2 Å². The van der Waals surface area contributed by atoms with Crippen molar-refractivity contribution in [2.24, 2.45) is 4.99 Å². The topological polar surface area (TPSA) is 73.3 Å². The molecule has 1 aromatic rings. The summed E-state index contributed by atoms with van der Waals surface area (Å²) in [5, 5.41) is 6.11. The summed E-state index contributed by atoms with van der Waals surface area (Å²) < 4.78 is 56.3. The van der Waals surface area contributed by atoms with Crippen molar-refractivity contribution in [3.05, 3.63) is 17.7 Å². The van der Waals surface area contributed by atoms with Crippen LogP contribution in [0.15, 0.2) is 17.1 Å². The first-order chi connectivity index (χ1) is 12.8. The molecule has 11 heteroatoms. The first kappa shape index (κ1) is 26.4. The average Bonchev–Trinajstić information content (AvgIpc) is 2.64. The molecule has 0 aliphatic rings. The fourth-order valence-electron chi connectivity index (χ4n) is 2.21. The third-order valence-electron chi connectivity index (χ3n) is 3.43. The second kappa shape index (κ2) is 13.5. The highest BCUT2D eigenvalue weighted by molar-refractivity contribution is 14.0. The molecule has 0 heterocycles. The van der Waals surface area contributed by atoms with Crippen molar-refractivity contribution < 1.29 is 32.1 Å². The van der Waals surface area contributed by atoms with Gasteiger partial charge in [0.25, 0.3) is 0 Å². The largest absolute Gasteiger partial charge is 0.493 e. The normalized spacial score (nSPS) is 11.5. The van der Waals surface area contributed by atoms with E-state index in [1.54, 1.807) is 7.05 Å². The lowest BCUT2D eigenvalue weighted by Crippen LogP contribution is -2.37. The highest BCUT2D eigenvalue weighted by Gasteiger charge is 2.27. The molecule has 7 nitrogen and oxygen atoms in total. The van der Waals surface area contributed by atoms with E-state index in [1.807, 2.05) is 12.1 Å². The third kappa shape index (κ3) is 9.53. The number of alkyl halides is 3. The molecular weight excluding hydrogens is 494 g/mol. The van der Waals surface area contributed by atoms with Crippen LogP contribution in [0.4, 0.5) is 13.2 Å². The van der Waals surface area contributed by atoms with E-state index in [0.717, 1.165) is 5.56 Å². The minimum Gasteiger partial charge on any atom is -0.493 e. The summed E-state index contributed by atoms with van der Waals surface area (Å²) in [4.78, 5) is 4.07. The summed E-state index contributed by atoms with van der Waals surface area (Å²) in [6.07, 6.45) is -3.88. The molecule has 162 valence electrons. The number of guanidine groups is 1. The van der Waals surface area contributed by atoms with Gasteiger partial charge in [-0.25, -0.2) is 0 Å². The minimum absolute atomic E-state index is 0. The van der Waals surface area contributed by atoms with Gasteiger partial charge in [0, 0.05) is 26.7 Å². The van der Waals surface area contributed by atoms with Gasteiger partial charge in [-0.15, -0.1) is 24.0 Å². The molecular formula is C17H27F3IN3O4. The number of nitrogens with one attached hydrogen (secondary N) is 2. The Morgan fingerprint density at radius 1 is 1.04 bits per heavy atom. The van der Waals surface area contributed by atoms with Crippen LogP contribution in [0, 0.1) is 0 Å². The van der Waals surface area contributed by atoms with Gasteiger partial charge in [0.15, 0.2) is 17.5 Å². The molecule has 0 spiro atoms. The Balaban J connectivity index is 0.00000729. The number of rotatable bonds is 10. The monoisotopic (exact) mass is 521 g/mol. The SMILES string of the molecule is CN=C(NCCCOCC(F)(F)F)NCc1cc(OC)c(OC)c(OC)c1.I. The molecule has 0 aliphatic carbocycles. The lowest BCUT2D eigenvalue weighted by Gasteiger charge is -2.16. The van der Waals surface area contributed by atoms with Crippen LogP contribution in [0.25, 0.3) is 0 Å². The predicted molar refractivity (Wildman–Crippen MR) is 111 cm³/mol. The Bertz CT molecular complexity index is 591. The molecule has 0 atom stereocenters. The number of aliphatic imine (C=N–C) groups is 1. The van der Waals surface area contributed by atoms with Crippen molar-refractivity contribution in [2.45, 2.75) is 19.1 Å².